The summed E-state index contributed by atoms with van der Waals surface area (Å²) in [5.74, 6) is -0.296. The molecule has 0 aliphatic carbocycles. The number of nitrogens with zero attached hydrogens (tertiary/aromatic N) is 1. The van der Waals surface area contributed by atoms with Crippen LogP contribution in [0.3, 0.4) is 0 Å². The van der Waals surface area contributed by atoms with Gasteiger partial charge >= 0.3 is 13.0 Å². The molecule has 2 aromatic rings. The van der Waals surface area contributed by atoms with E-state index < -0.39 is 18.2 Å². The van der Waals surface area contributed by atoms with E-state index in [1.54, 1.807) is 0 Å². The second kappa shape index (κ2) is 4.56. The van der Waals surface area contributed by atoms with Crippen molar-refractivity contribution < 1.29 is 31.4 Å². The molecule has 0 atom stereocenters. The molecule has 18 heavy (non-hydrogen) atoms. The van der Waals surface area contributed by atoms with Crippen molar-refractivity contribution in [3.63, 3.8) is 0 Å². The third kappa shape index (κ3) is 2.97. The summed E-state index contributed by atoms with van der Waals surface area (Å²) in [4.78, 5) is 3.47. The third-order valence-corrected chi connectivity index (χ3v) is 2.68. The summed E-state index contributed by atoms with van der Waals surface area (Å²) in [7, 11) is 0. The molecule has 0 unspecified atom stereocenters. The number of ether oxygens (including phenoxy) is 2. The molecule has 0 saturated heterocycles. The number of para-hydroxylation sites is 1. The zero-order valence-corrected chi connectivity index (χ0v) is 9.19. The summed E-state index contributed by atoms with van der Waals surface area (Å²) in [6, 6.07) is 3.98. The number of rotatable bonds is 3. The van der Waals surface area contributed by atoms with Crippen molar-refractivity contribution in [1.29, 1.82) is 0 Å². The number of alkyl halides is 5. The Kier molecular flexibility index (Phi) is 3.24. The number of halogens is 5. The Morgan fingerprint density at radius 1 is 1.22 bits per heavy atom. The fourth-order valence-electron chi connectivity index (χ4n) is 1.24. The van der Waals surface area contributed by atoms with Gasteiger partial charge < -0.3 is 9.47 Å². The van der Waals surface area contributed by atoms with Gasteiger partial charge in [-0.25, -0.2) is 0 Å². The molecule has 0 radical (unpaired) electrons. The molecule has 0 saturated carbocycles. The molecule has 1 aromatic carbocycles. The van der Waals surface area contributed by atoms with E-state index in [0.717, 1.165) is 0 Å². The van der Waals surface area contributed by atoms with Crippen LogP contribution in [0.15, 0.2) is 18.2 Å². The van der Waals surface area contributed by atoms with Crippen LogP contribution in [0.5, 0.6) is 10.9 Å². The molecule has 0 spiro atoms. The number of aromatic nitrogens is 1. The Morgan fingerprint density at radius 3 is 2.56 bits per heavy atom. The van der Waals surface area contributed by atoms with Gasteiger partial charge in [0.1, 0.15) is 5.52 Å². The van der Waals surface area contributed by atoms with Crippen LogP contribution in [0.1, 0.15) is 0 Å². The predicted molar refractivity (Wildman–Crippen MR) is 52.9 cm³/mol. The lowest BCUT2D eigenvalue weighted by Crippen LogP contribution is -2.16. The monoisotopic (exact) mass is 285 g/mol. The summed E-state index contributed by atoms with van der Waals surface area (Å²) >= 11 is 0.587. The van der Waals surface area contributed by atoms with Crippen molar-refractivity contribution in [2.24, 2.45) is 0 Å². The lowest BCUT2D eigenvalue weighted by Gasteiger charge is -2.04. The first-order chi connectivity index (χ1) is 8.35. The zero-order chi connectivity index (χ0) is 13.3. The first kappa shape index (κ1) is 12.8. The molecule has 0 amide bonds. The summed E-state index contributed by atoms with van der Waals surface area (Å²) in [5, 5.41) is -0.678. The van der Waals surface area contributed by atoms with E-state index in [1.165, 1.54) is 18.2 Å². The lowest BCUT2D eigenvalue weighted by atomic mass is 10.3. The summed E-state index contributed by atoms with van der Waals surface area (Å²) in [6.07, 6.45) is -4.88. The standard InChI is InChI=1S/C9H4F5NO2S/c10-7(11)16-4-2-1-3-5-6(4)15-8(18-5)17-9(12,13)14/h1-3,7H. The lowest BCUT2D eigenvalue weighted by molar-refractivity contribution is -0.274. The molecule has 1 aromatic heterocycles. The van der Waals surface area contributed by atoms with Gasteiger partial charge in [-0.15, -0.1) is 13.2 Å². The van der Waals surface area contributed by atoms with Crippen LogP contribution in [0.2, 0.25) is 0 Å². The van der Waals surface area contributed by atoms with Gasteiger partial charge in [0, 0.05) is 0 Å². The van der Waals surface area contributed by atoms with Crippen molar-refractivity contribution in [2.45, 2.75) is 13.0 Å². The van der Waals surface area contributed by atoms with E-state index in [9.17, 15) is 22.0 Å². The van der Waals surface area contributed by atoms with Crippen LogP contribution in [-0.4, -0.2) is 18.0 Å². The zero-order valence-electron chi connectivity index (χ0n) is 8.37. The average molecular weight is 285 g/mol. The van der Waals surface area contributed by atoms with Crippen LogP contribution in [0.4, 0.5) is 22.0 Å². The first-order valence-corrected chi connectivity index (χ1v) is 5.27. The third-order valence-electron chi connectivity index (χ3n) is 1.78. The van der Waals surface area contributed by atoms with Crippen molar-refractivity contribution in [2.75, 3.05) is 0 Å². The maximum absolute atomic E-state index is 12.1. The minimum absolute atomic E-state index is 0.0953. The molecule has 3 nitrogen and oxygen atoms in total. The van der Waals surface area contributed by atoms with Crippen molar-refractivity contribution in [3.8, 4) is 10.9 Å². The second-order valence-corrected chi connectivity index (χ2v) is 4.00. The summed E-state index contributed by atoms with van der Waals surface area (Å²) < 4.78 is 68.1. The van der Waals surface area contributed by atoms with Gasteiger partial charge in [0.25, 0.3) is 5.19 Å². The van der Waals surface area contributed by atoms with Gasteiger partial charge in [-0.05, 0) is 12.1 Å². The highest BCUT2D eigenvalue weighted by Crippen LogP contribution is 2.36. The highest BCUT2D eigenvalue weighted by Gasteiger charge is 2.33. The van der Waals surface area contributed by atoms with E-state index in [2.05, 4.69) is 14.5 Å². The van der Waals surface area contributed by atoms with Gasteiger partial charge in [0.2, 0.25) is 0 Å². The van der Waals surface area contributed by atoms with Crippen molar-refractivity contribution in [1.82, 2.24) is 4.98 Å². The molecule has 1 heterocycles. The van der Waals surface area contributed by atoms with E-state index in [-0.39, 0.29) is 16.0 Å². The minimum atomic E-state index is -4.88. The van der Waals surface area contributed by atoms with E-state index in [1.807, 2.05) is 0 Å². The Morgan fingerprint density at radius 2 is 1.94 bits per heavy atom. The number of hydrogen-bond acceptors (Lipinski definition) is 4. The maximum Gasteiger partial charge on any atom is 0.574 e. The Hall–Kier alpha value is -1.64. The SMILES string of the molecule is FC(F)Oc1cccc2sc(OC(F)(F)F)nc12. The Labute approximate surface area is 101 Å². The molecule has 0 aliphatic heterocycles. The maximum atomic E-state index is 12.1. The molecule has 98 valence electrons. The Bertz CT molecular complexity index is 553. The number of benzene rings is 1. The van der Waals surface area contributed by atoms with Crippen LogP contribution >= 0.6 is 11.3 Å². The molecule has 0 fully saturated rings. The summed E-state index contributed by atoms with van der Waals surface area (Å²) in [6.45, 7) is -3.08. The highest BCUT2D eigenvalue weighted by atomic mass is 32.1. The van der Waals surface area contributed by atoms with Crippen LogP contribution < -0.4 is 9.47 Å². The van der Waals surface area contributed by atoms with Gasteiger partial charge in [-0.1, -0.05) is 17.4 Å². The van der Waals surface area contributed by atoms with Gasteiger partial charge in [0.15, 0.2) is 5.75 Å². The van der Waals surface area contributed by atoms with E-state index in [4.69, 9.17) is 0 Å². The number of thiazole rings is 1. The number of fused-ring (bicyclic) bond motifs is 1. The van der Waals surface area contributed by atoms with Gasteiger partial charge in [-0.2, -0.15) is 13.8 Å². The van der Waals surface area contributed by atoms with Crippen molar-refractivity contribution in [3.05, 3.63) is 18.2 Å². The molecule has 0 bridgehead atoms. The quantitative estimate of drug-likeness (QED) is 0.804. The first-order valence-electron chi connectivity index (χ1n) is 4.45. The molecular formula is C9H4F5NO2S. The largest absolute Gasteiger partial charge is 0.574 e. The second-order valence-electron chi connectivity index (χ2n) is 3.01. The number of hydrogen-bond donors (Lipinski definition) is 0. The highest BCUT2D eigenvalue weighted by molar-refractivity contribution is 7.20. The normalized spacial score (nSPS) is 12.1. The van der Waals surface area contributed by atoms with Crippen LogP contribution in [0, 0.1) is 0 Å². The van der Waals surface area contributed by atoms with Crippen LogP contribution in [-0.2, 0) is 0 Å². The topological polar surface area (TPSA) is 31.4 Å². The Balaban J connectivity index is 2.38. The molecule has 0 aliphatic rings. The van der Waals surface area contributed by atoms with E-state index >= 15 is 0 Å². The van der Waals surface area contributed by atoms with Gasteiger partial charge in [-0.3, -0.25) is 0 Å². The van der Waals surface area contributed by atoms with Crippen LogP contribution in [0.25, 0.3) is 10.2 Å². The average Bonchev–Trinajstić information content (AvgIpc) is 2.57. The van der Waals surface area contributed by atoms with E-state index in [0.29, 0.717) is 11.3 Å². The van der Waals surface area contributed by atoms with Crippen molar-refractivity contribution >= 4 is 21.6 Å². The molecular weight excluding hydrogens is 281 g/mol. The predicted octanol–water partition coefficient (Wildman–Crippen LogP) is 3.80. The molecule has 2 rings (SSSR count). The smallest absolute Gasteiger partial charge is 0.432 e. The molecule has 0 N–H and O–H groups in total. The van der Waals surface area contributed by atoms with Gasteiger partial charge in [0.05, 0.1) is 4.70 Å². The fourth-order valence-corrected chi connectivity index (χ4v) is 2.09. The molecule has 9 heteroatoms. The summed E-state index contributed by atoms with van der Waals surface area (Å²) in [5.41, 5.74) is -0.0953. The fraction of sp³-hybridized carbons (Fsp3) is 0.222. The minimum Gasteiger partial charge on any atom is -0.432 e.